The van der Waals surface area contributed by atoms with Crippen LogP contribution in [0.5, 0.6) is 0 Å². The van der Waals surface area contributed by atoms with E-state index in [0.29, 0.717) is 0 Å². The maximum absolute atomic E-state index is 10.5. The topological polar surface area (TPSA) is 66.4 Å². The number of hydrogen-bond donors (Lipinski definition) is 2. The molecule has 0 aromatic heterocycles. The van der Waals surface area contributed by atoms with Crippen molar-refractivity contribution < 1.29 is 14.7 Å². The van der Waals surface area contributed by atoms with Gasteiger partial charge in [-0.3, -0.25) is 4.79 Å². The minimum absolute atomic E-state index is 0.0867. The first-order chi connectivity index (χ1) is 4.95. The highest BCUT2D eigenvalue weighted by Gasteiger charge is 2.21. The van der Waals surface area contributed by atoms with Gasteiger partial charge in [0.1, 0.15) is 6.04 Å². The highest BCUT2D eigenvalue weighted by Crippen LogP contribution is 2.00. The van der Waals surface area contributed by atoms with Crippen LogP contribution in [0.25, 0.3) is 0 Å². The summed E-state index contributed by atoms with van der Waals surface area (Å²) in [5.74, 6) is -1.39. The largest absolute Gasteiger partial charge is 0.480 e. The van der Waals surface area contributed by atoms with Crippen LogP contribution in [0, 0.1) is 5.92 Å². The summed E-state index contributed by atoms with van der Waals surface area (Å²) in [4.78, 5) is 21.0. The Bertz CT molecular complexity index is 165. The molecule has 0 aromatic carbocycles. The molecule has 0 radical (unpaired) electrons. The van der Waals surface area contributed by atoms with E-state index >= 15 is 0 Å². The lowest BCUT2D eigenvalue weighted by molar-refractivity contribution is -0.142. The second-order valence-corrected chi connectivity index (χ2v) is 2.76. The summed E-state index contributed by atoms with van der Waals surface area (Å²) in [7, 11) is 0. The van der Waals surface area contributed by atoms with Gasteiger partial charge in [-0.25, -0.2) is 4.79 Å². The van der Waals surface area contributed by atoms with Crippen LogP contribution in [0.15, 0.2) is 0 Å². The highest BCUT2D eigenvalue weighted by atomic mass is 16.5. The smallest absolute Gasteiger partial charge is 0.326 e. The van der Waals surface area contributed by atoms with Crippen molar-refractivity contribution in [2.24, 2.45) is 5.92 Å². The van der Waals surface area contributed by atoms with Crippen LogP contribution in [-0.2, 0) is 9.59 Å². The van der Waals surface area contributed by atoms with E-state index in [4.69, 9.17) is 5.11 Å². The molecule has 0 rings (SSSR count). The van der Waals surface area contributed by atoms with Crippen molar-refractivity contribution in [3.63, 3.8) is 0 Å². The zero-order valence-corrected chi connectivity index (χ0v) is 6.92. The van der Waals surface area contributed by atoms with E-state index < -0.39 is 12.0 Å². The van der Waals surface area contributed by atoms with Gasteiger partial charge < -0.3 is 10.4 Å². The molecule has 4 heteroatoms. The molecule has 0 fully saturated rings. The Morgan fingerprint density at radius 1 is 1.36 bits per heavy atom. The molecule has 0 heterocycles. The molecule has 0 spiro atoms. The maximum Gasteiger partial charge on any atom is 0.326 e. The van der Waals surface area contributed by atoms with E-state index in [1.165, 1.54) is 6.92 Å². The molecule has 0 aromatic rings. The summed E-state index contributed by atoms with van der Waals surface area (Å²) >= 11 is 0. The van der Waals surface area contributed by atoms with E-state index in [1.54, 1.807) is 13.8 Å². The van der Waals surface area contributed by atoms with Crippen LogP contribution >= 0.6 is 0 Å². The van der Waals surface area contributed by atoms with Crippen LogP contribution in [0.4, 0.5) is 0 Å². The number of amides is 1. The number of hydrogen-bond acceptors (Lipinski definition) is 2. The molecule has 0 saturated carbocycles. The minimum Gasteiger partial charge on any atom is -0.480 e. The Balaban J connectivity index is 4.12. The third-order valence-electron chi connectivity index (χ3n) is 1.29. The van der Waals surface area contributed by atoms with Gasteiger partial charge in [-0.15, -0.1) is 0 Å². The molecule has 0 saturated heterocycles. The predicted octanol–water partition coefficient (Wildman–Crippen LogP) is 0.232. The summed E-state index contributed by atoms with van der Waals surface area (Å²) in [6.07, 6.45) is 0. The van der Waals surface area contributed by atoms with Gasteiger partial charge in [0, 0.05) is 6.92 Å². The van der Waals surface area contributed by atoms with E-state index in [0.717, 1.165) is 0 Å². The van der Waals surface area contributed by atoms with Crippen LogP contribution in [0.1, 0.15) is 20.8 Å². The summed E-state index contributed by atoms with van der Waals surface area (Å²) in [5.41, 5.74) is 0. The van der Waals surface area contributed by atoms with Gasteiger partial charge in [-0.1, -0.05) is 13.8 Å². The molecule has 0 aliphatic carbocycles. The Hall–Kier alpha value is -1.06. The third-order valence-corrected chi connectivity index (χ3v) is 1.29. The average molecular weight is 161 g/mol. The van der Waals surface area contributed by atoms with Crippen LogP contribution in [0.3, 0.4) is 0 Å². The van der Waals surface area contributed by atoms with E-state index in [2.05, 4.69) is 5.32 Å². The zero-order chi connectivity index (χ0) is 9.02. The van der Waals surface area contributed by atoms with Crippen molar-refractivity contribution in [1.82, 2.24) is 5.32 Å². The number of carbonyl (C=O) groups is 2. The quantitative estimate of drug-likeness (QED) is 0.460. The molecule has 1 amide bonds. The molecular weight excluding hydrogens is 148 g/mol. The summed E-state index contributed by atoms with van der Waals surface area (Å²) in [5, 5.41) is 10.9. The number of nitrogens with one attached hydrogen (secondary N) is 1. The third kappa shape index (κ3) is 3.60. The summed E-state index contributed by atoms with van der Waals surface area (Å²) < 4.78 is 0. The van der Waals surface area contributed by atoms with Gasteiger partial charge in [0.2, 0.25) is 5.91 Å². The second-order valence-electron chi connectivity index (χ2n) is 2.76. The van der Waals surface area contributed by atoms with Crippen molar-refractivity contribution in [2.45, 2.75) is 26.8 Å². The Morgan fingerprint density at radius 2 is 1.82 bits per heavy atom. The van der Waals surface area contributed by atoms with E-state index in [1.807, 2.05) is 0 Å². The lowest BCUT2D eigenvalue weighted by Gasteiger charge is -2.16. The van der Waals surface area contributed by atoms with Crippen LogP contribution < -0.4 is 5.32 Å². The maximum atomic E-state index is 10.5. The molecule has 4 nitrogen and oxygen atoms in total. The average Bonchev–Trinajstić information content (AvgIpc) is 1.81. The van der Waals surface area contributed by atoms with E-state index in [-0.39, 0.29) is 11.8 Å². The molecule has 0 unspecified atom stereocenters. The first-order valence-electron chi connectivity index (χ1n) is 3.45. The summed E-state index contributed by atoms with van der Waals surface area (Å²) in [6.45, 7) is 4.79. The van der Waals surface area contributed by atoms with E-state index in [9.17, 15) is 9.59 Å². The van der Waals surface area contributed by atoms with Crippen molar-refractivity contribution in [1.29, 1.82) is 0 Å². The molecule has 64 valence electrons. The number of carboxylic acids is 1. The van der Waals surface area contributed by atoms with Crippen molar-refractivity contribution in [2.75, 3.05) is 0 Å². The minimum atomic E-state index is -0.991. The first kappa shape index (κ1) is 9.94. The predicted molar refractivity (Wildman–Crippen MR) is 40.1 cm³/mol. The fraction of sp³-hybridized carbons (Fsp3) is 0.714. The number of carboxylic acid groups (broad SMARTS) is 1. The molecule has 0 bridgehead atoms. The second kappa shape index (κ2) is 3.95. The van der Waals surface area contributed by atoms with Crippen LogP contribution in [-0.4, -0.2) is 23.0 Å². The molecule has 0 aliphatic rings. The van der Waals surface area contributed by atoms with Gasteiger partial charge in [-0.2, -0.15) is 0 Å². The SMILES string of the molecule is CC(=O)[15NH][C@H](C(C)C)[13C](=O)O. The fourth-order valence-corrected chi connectivity index (χ4v) is 0.733. The number of aliphatic carboxylic acids is 1. The highest BCUT2D eigenvalue weighted by molar-refractivity contribution is 5.82. The fourth-order valence-electron chi connectivity index (χ4n) is 0.733. The normalized spacial score (nSPS) is 12.7. The standard InChI is InChI=1S/C7H13NO3/c1-4(2)6(7(10)11)8-5(3)9/h4,6H,1-3H3,(H,8,9)(H,10,11)/t6-/m1/s1/i7+1,8+1. The lowest BCUT2D eigenvalue weighted by Crippen LogP contribution is -2.43. The number of rotatable bonds is 3. The van der Waals surface area contributed by atoms with Crippen molar-refractivity contribution >= 4 is 11.9 Å². The molecule has 11 heavy (non-hydrogen) atoms. The Labute approximate surface area is 65.6 Å². The molecule has 1 atom stereocenters. The Morgan fingerprint density at radius 3 is 1.91 bits per heavy atom. The van der Waals surface area contributed by atoms with Gasteiger partial charge in [-0.05, 0) is 5.92 Å². The van der Waals surface area contributed by atoms with Gasteiger partial charge >= 0.3 is 5.97 Å². The lowest BCUT2D eigenvalue weighted by atomic mass is 10.1. The zero-order valence-electron chi connectivity index (χ0n) is 6.92. The van der Waals surface area contributed by atoms with Crippen molar-refractivity contribution in [3.8, 4) is 0 Å². The van der Waals surface area contributed by atoms with Gasteiger partial charge in [0.15, 0.2) is 0 Å². The molecule has 0 aliphatic heterocycles. The monoisotopic (exact) mass is 161 g/mol. The molecule has 2 N–H and O–H groups in total. The Kier molecular flexibility index (Phi) is 3.57. The van der Waals surface area contributed by atoms with Gasteiger partial charge in [0.25, 0.3) is 0 Å². The summed E-state index contributed by atoms with van der Waals surface area (Å²) in [6, 6.07) is -0.771. The first-order valence-corrected chi connectivity index (χ1v) is 3.45. The molecular formula is C7H13NO3. The van der Waals surface area contributed by atoms with Crippen molar-refractivity contribution in [3.05, 3.63) is 0 Å². The number of carbonyl (C=O) groups excluding carboxylic acids is 1. The van der Waals surface area contributed by atoms with Crippen LogP contribution in [0.2, 0.25) is 0 Å². The van der Waals surface area contributed by atoms with Gasteiger partial charge in [0.05, 0.1) is 0 Å².